The third kappa shape index (κ3) is 3.47. The first kappa shape index (κ1) is 15.0. The van der Waals surface area contributed by atoms with E-state index in [0.29, 0.717) is 6.04 Å². The Morgan fingerprint density at radius 1 is 1.23 bits per heavy atom. The van der Waals surface area contributed by atoms with Gasteiger partial charge in [-0.2, -0.15) is 0 Å². The number of benzene rings is 1. The minimum atomic E-state index is 0.571. The van der Waals surface area contributed by atoms with Gasteiger partial charge in [0.05, 0.1) is 6.20 Å². The molecule has 0 spiro atoms. The Morgan fingerprint density at radius 2 is 1.95 bits per heavy atom. The van der Waals surface area contributed by atoms with Crippen LogP contribution in [0.1, 0.15) is 32.1 Å². The van der Waals surface area contributed by atoms with Crippen LogP contribution in [0.2, 0.25) is 0 Å². The molecule has 0 atom stereocenters. The van der Waals surface area contributed by atoms with Gasteiger partial charge >= 0.3 is 0 Å². The SMILES string of the molecule is CN(C(=S)Nc1ccc(-c2cnco2)cc1)C1CCCCC1. The first-order chi connectivity index (χ1) is 10.7. The Kier molecular flexibility index (Phi) is 4.73. The molecule has 116 valence electrons. The molecule has 0 aliphatic heterocycles. The zero-order valence-electron chi connectivity index (χ0n) is 12.8. The van der Waals surface area contributed by atoms with Crippen LogP contribution in [0.3, 0.4) is 0 Å². The number of rotatable bonds is 3. The highest BCUT2D eigenvalue weighted by Gasteiger charge is 2.19. The van der Waals surface area contributed by atoms with Crippen molar-refractivity contribution in [1.29, 1.82) is 0 Å². The second-order valence-electron chi connectivity index (χ2n) is 5.78. The van der Waals surface area contributed by atoms with E-state index >= 15 is 0 Å². The van der Waals surface area contributed by atoms with Crippen molar-refractivity contribution >= 4 is 23.0 Å². The molecule has 5 heteroatoms. The Morgan fingerprint density at radius 3 is 2.59 bits per heavy atom. The van der Waals surface area contributed by atoms with Crippen LogP contribution in [0, 0.1) is 0 Å². The summed E-state index contributed by atoms with van der Waals surface area (Å²) in [5.74, 6) is 0.772. The summed E-state index contributed by atoms with van der Waals surface area (Å²) in [7, 11) is 2.09. The third-order valence-corrected chi connectivity index (χ3v) is 4.69. The van der Waals surface area contributed by atoms with Crippen molar-refractivity contribution in [2.24, 2.45) is 0 Å². The van der Waals surface area contributed by atoms with E-state index in [9.17, 15) is 0 Å². The molecule has 0 amide bonds. The van der Waals surface area contributed by atoms with Gasteiger partial charge in [-0.3, -0.25) is 0 Å². The zero-order valence-corrected chi connectivity index (χ0v) is 13.6. The molecule has 0 unspecified atom stereocenters. The first-order valence-electron chi connectivity index (χ1n) is 7.77. The first-order valence-corrected chi connectivity index (χ1v) is 8.17. The van der Waals surface area contributed by atoms with Gasteiger partial charge in [0.2, 0.25) is 0 Å². The predicted octanol–water partition coefficient (Wildman–Crippen LogP) is 4.30. The fraction of sp³-hybridized carbons (Fsp3) is 0.412. The fourth-order valence-corrected chi connectivity index (χ4v) is 3.19. The minimum Gasteiger partial charge on any atom is -0.444 e. The number of thiocarbonyl (C=S) groups is 1. The minimum absolute atomic E-state index is 0.571. The summed E-state index contributed by atoms with van der Waals surface area (Å²) in [4.78, 5) is 6.14. The van der Waals surface area contributed by atoms with Gasteiger partial charge in [-0.05, 0) is 49.3 Å². The van der Waals surface area contributed by atoms with Gasteiger partial charge in [-0.1, -0.05) is 19.3 Å². The predicted molar refractivity (Wildman–Crippen MR) is 92.8 cm³/mol. The second kappa shape index (κ2) is 6.92. The summed E-state index contributed by atoms with van der Waals surface area (Å²) in [6.07, 6.45) is 9.60. The fourth-order valence-electron chi connectivity index (χ4n) is 2.92. The highest BCUT2D eigenvalue weighted by molar-refractivity contribution is 7.80. The van der Waals surface area contributed by atoms with Crippen molar-refractivity contribution < 1.29 is 4.42 Å². The normalized spacial score (nSPS) is 15.5. The highest BCUT2D eigenvalue weighted by atomic mass is 32.1. The summed E-state index contributed by atoms with van der Waals surface area (Å²) in [5.41, 5.74) is 2.01. The molecule has 0 radical (unpaired) electrons. The van der Waals surface area contributed by atoms with Crippen LogP contribution in [-0.4, -0.2) is 28.1 Å². The molecule has 1 aliphatic rings. The molecule has 1 aromatic carbocycles. The van der Waals surface area contributed by atoms with Crippen molar-refractivity contribution in [3.63, 3.8) is 0 Å². The van der Waals surface area contributed by atoms with Gasteiger partial charge in [0.15, 0.2) is 17.3 Å². The van der Waals surface area contributed by atoms with E-state index in [-0.39, 0.29) is 0 Å². The van der Waals surface area contributed by atoms with Crippen LogP contribution >= 0.6 is 12.2 Å². The molecular formula is C17H21N3OS. The Hall–Kier alpha value is -1.88. The van der Waals surface area contributed by atoms with E-state index in [0.717, 1.165) is 22.1 Å². The Balaban J connectivity index is 1.61. The van der Waals surface area contributed by atoms with Crippen LogP contribution in [0.15, 0.2) is 41.3 Å². The van der Waals surface area contributed by atoms with Gasteiger partial charge < -0.3 is 14.6 Å². The van der Waals surface area contributed by atoms with Crippen LogP contribution < -0.4 is 5.32 Å². The smallest absolute Gasteiger partial charge is 0.181 e. The number of aromatic nitrogens is 1. The highest BCUT2D eigenvalue weighted by Crippen LogP contribution is 2.23. The van der Waals surface area contributed by atoms with E-state index in [1.807, 2.05) is 24.3 Å². The third-order valence-electron chi connectivity index (χ3n) is 4.30. The summed E-state index contributed by atoms with van der Waals surface area (Å²) in [6, 6.07) is 8.61. The molecule has 1 aromatic heterocycles. The van der Waals surface area contributed by atoms with Gasteiger partial charge in [0, 0.05) is 24.3 Å². The van der Waals surface area contributed by atoms with E-state index in [1.165, 1.54) is 38.5 Å². The van der Waals surface area contributed by atoms with E-state index in [2.05, 4.69) is 22.2 Å². The lowest BCUT2D eigenvalue weighted by Gasteiger charge is -2.33. The van der Waals surface area contributed by atoms with E-state index in [1.54, 1.807) is 6.20 Å². The molecule has 1 fully saturated rings. The largest absolute Gasteiger partial charge is 0.444 e. The lowest BCUT2D eigenvalue weighted by molar-refractivity contribution is 0.281. The Bertz CT molecular complexity index is 603. The summed E-state index contributed by atoms with van der Waals surface area (Å²) in [5, 5.41) is 4.11. The van der Waals surface area contributed by atoms with Crippen LogP contribution in [-0.2, 0) is 0 Å². The number of hydrogen-bond acceptors (Lipinski definition) is 3. The standard InChI is InChI=1S/C17H21N3OS/c1-20(15-5-3-2-4-6-15)17(22)19-14-9-7-13(8-10-14)16-11-18-12-21-16/h7-12,15H,2-6H2,1H3,(H,19,22). The van der Waals surface area contributed by atoms with Gasteiger partial charge in [0.1, 0.15) is 0 Å². The molecule has 1 saturated carbocycles. The summed E-state index contributed by atoms with van der Waals surface area (Å²) < 4.78 is 5.29. The van der Waals surface area contributed by atoms with Gasteiger partial charge in [-0.25, -0.2) is 4.98 Å². The zero-order chi connectivity index (χ0) is 15.4. The average molecular weight is 315 g/mol. The van der Waals surface area contributed by atoms with Crippen molar-refractivity contribution in [2.75, 3.05) is 12.4 Å². The summed E-state index contributed by atoms with van der Waals surface area (Å²) >= 11 is 5.54. The molecular weight excluding hydrogens is 294 g/mol. The summed E-state index contributed by atoms with van der Waals surface area (Å²) in [6.45, 7) is 0. The molecule has 4 nitrogen and oxygen atoms in total. The molecule has 2 aromatic rings. The van der Waals surface area contributed by atoms with Gasteiger partial charge in [-0.15, -0.1) is 0 Å². The maximum Gasteiger partial charge on any atom is 0.181 e. The van der Waals surface area contributed by atoms with Crippen LogP contribution in [0.5, 0.6) is 0 Å². The van der Waals surface area contributed by atoms with Crippen molar-refractivity contribution in [3.8, 4) is 11.3 Å². The molecule has 22 heavy (non-hydrogen) atoms. The Labute approximate surface area is 136 Å². The molecule has 3 rings (SSSR count). The van der Waals surface area contributed by atoms with Crippen molar-refractivity contribution in [3.05, 3.63) is 36.9 Å². The average Bonchev–Trinajstić information content (AvgIpc) is 3.10. The number of hydrogen-bond donors (Lipinski definition) is 1. The lowest BCUT2D eigenvalue weighted by atomic mass is 9.95. The topological polar surface area (TPSA) is 41.3 Å². The molecule has 0 saturated heterocycles. The quantitative estimate of drug-likeness (QED) is 0.855. The van der Waals surface area contributed by atoms with Gasteiger partial charge in [0.25, 0.3) is 0 Å². The second-order valence-corrected chi connectivity index (χ2v) is 6.16. The van der Waals surface area contributed by atoms with Crippen molar-refractivity contribution in [2.45, 2.75) is 38.1 Å². The molecule has 1 aliphatic carbocycles. The molecule has 0 bridgehead atoms. The number of anilines is 1. The van der Waals surface area contributed by atoms with Crippen molar-refractivity contribution in [1.82, 2.24) is 9.88 Å². The number of nitrogens with zero attached hydrogens (tertiary/aromatic N) is 2. The van der Waals surface area contributed by atoms with Crippen LogP contribution in [0.4, 0.5) is 5.69 Å². The maximum absolute atomic E-state index is 5.54. The molecule has 1 heterocycles. The monoisotopic (exact) mass is 315 g/mol. The molecule has 1 N–H and O–H groups in total. The number of nitrogens with one attached hydrogen (secondary N) is 1. The van der Waals surface area contributed by atoms with Crippen LogP contribution in [0.25, 0.3) is 11.3 Å². The van der Waals surface area contributed by atoms with E-state index in [4.69, 9.17) is 16.6 Å². The number of oxazole rings is 1. The lowest BCUT2D eigenvalue weighted by Crippen LogP contribution is -2.40. The maximum atomic E-state index is 5.54. The van der Waals surface area contributed by atoms with E-state index < -0.39 is 0 Å².